The molecule has 0 fully saturated rings. The van der Waals surface area contributed by atoms with Gasteiger partial charge in [0.2, 0.25) is 0 Å². The first-order valence-electron chi connectivity index (χ1n) is 5.35. The van der Waals surface area contributed by atoms with Crippen molar-refractivity contribution in [3.63, 3.8) is 0 Å². The number of aryl methyl sites for hydroxylation is 1. The highest BCUT2D eigenvalue weighted by molar-refractivity contribution is 5.13. The molecule has 1 unspecified atom stereocenters. The van der Waals surface area contributed by atoms with E-state index >= 15 is 0 Å². The average Bonchev–Trinajstić information content (AvgIpc) is 2.51. The van der Waals surface area contributed by atoms with Crippen molar-refractivity contribution in [2.45, 2.75) is 34.2 Å². The average molecular weight is 195 g/mol. The first-order valence-corrected chi connectivity index (χ1v) is 5.35. The van der Waals surface area contributed by atoms with E-state index in [4.69, 9.17) is 4.42 Å². The van der Waals surface area contributed by atoms with Gasteiger partial charge in [-0.15, -0.1) is 0 Å². The zero-order valence-electron chi connectivity index (χ0n) is 9.63. The van der Waals surface area contributed by atoms with Crippen LogP contribution in [-0.4, -0.2) is 6.54 Å². The van der Waals surface area contributed by atoms with Gasteiger partial charge < -0.3 is 9.73 Å². The molecule has 2 nitrogen and oxygen atoms in total. The van der Waals surface area contributed by atoms with Crippen LogP contribution >= 0.6 is 0 Å². The molecule has 0 saturated heterocycles. The minimum atomic E-state index is 0.713. The van der Waals surface area contributed by atoms with Crippen molar-refractivity contribution in [1.82, 2.24) is 5.32 Å². The SMILES string of the molecule is Cc1ccoc1CNCC(C)C(C)C. The molecule has 0 bridgehead atoms. The molecule has 80 valence electrons. The number of furan rings is 1. The fourth-order valence-corrected chi connectivity index (χ4v) is 1.23. The second kappa shape index (κ2) is 5.20. The molecule has 1 rings (SSSR count). The van der Waals surface area contributed by atoms with E-state index in [2.05, 4.69) is 33.0 Å². The Bertz CT molecular complexity index is 265. The Kier molecular flexibility index (Phi) is 4.21. The summed E-state index contributed by atoms with van der Waals surface area (Å²) in [6.07, 6.45) is 1.75. The third kappa shape index (κ3) is 3.18. The molecule has 0 amide bonds. The van der Waals surface area contributed by atoms with E-state index in [1.807, 2.05) is 6.07 Å². The summed E-state index contributed by atoms with van der Waals surface area (Å²) in [7, 11) is 0. The molecular weight excluding hydrogens is 174 g/mol. The van der Waals surface area contributed by atoms with E-state index in [0.29, 0.717) is 5.92 Å². The quantitative estimate of drug-likeness (QED) is 0.781. The van der Waals surface area contributed by atoms with Gasteiger partial charge in [0.25, 0.3) is 0 Å². The number of rotatable bonds is 5. The summed E-state index contributed by atoms with van der Waals surface area (Å²) in [4.78, 5) is 0. The normalized spacial score (nSPS) is 13.5. The lowest BCUT2D eigenvalue weighted by Gasteiger charge is -2.15. The lowest BCUT2D eigenvalue weighted by atomic mass is 9.98. The van der Waals surface area contributed by atoms with E-state index in [0.717, 1.165) is 24.8 Å². The summed E-state index contributed by atoms with van der Waals surface area (Å²) >= 11 is 0. The Morgan fingerprint density at radius 1 is 1.36 bits per heavy atom. The Labute approximate surface area is 86.7 Å². The van der Waals surface area contributed by atoms with Gasteiger partial charge in [0.1, 0.15) is 5.76 Å². The summed E-state index contributed by atoms with van der Waals surface area (Å²) in [5.74, 6) is 2.51. The third-order valence-corrected chi connectivity index (χ3v) is 2.86. The van der Waals surface area contributed by atoms with Crippen LogP contribution in [0.2, 0.25) is 0 Å². The van der Waals surface area contributed by atoms with Gasteiger partial charge in [-0.2, -0.15) is 0 Å². The van der Waals surface area contributed by atoms with E-state index in [-0.39, 0.29) is 0 Å². The maximum atomic E-state index is 5.34. The predicted molar refractivity (Wildman–Crippen MR) is 59.2 cm³/mol. The highest BCUT2D eigenvalue weighted by Gasteiger charge is 2.07. The van der Waals surface area contributed by atoms with E-state index in [9.17, 15) is 0 Å². The molecule has 1 atom stereocenters. The van der Waals surface area contributed by atoms with Crippen LogP contribution in [0.25, 0.3) is 0 Å². The van der Waals surface area contributed by atoms with Crippen molar-refractivity contribution in [3.05, 3.63) is 23.7 Å². The van der Waals surface area contributed by atoms with E-state index in [1.54, 1.807) is 6.26 Å². The molecule has 0 aromatic carbocycles. The highest BCUT2D eigenvalue weighted by atomic mass is 16.3. The third-order valence-electron chi connectivity index (χ3n) is 2.86. The zero-order valence-corrected chi connectivity index (χ0v) is 9.63. The van der Waals surface area contributed by atoms with Crippen molar-refractivity contribution >= 4 is 0 Å². The molecule has 0 radical (unpaired) electrons. The lowest BCUT2D eigenvalue weighted by molar-refractivity contribution is 0.380. The molecule has 1 heterocycles. The van der Waals surface area contributed by atoms with Gasteiger partial charge in [-0.25, -0.2) is 0 Å². The van der Waals surface area contributed by atoms with Crippen LogP contribution < -0.4 is 5.32 Å². The molecule has 0 aliphatic rings. The lowest BCUT2D eigenvalue weighted by Crippen LogP contribution is -2.23. The van der Waals surface area contributed by atoms with Crippen LogP contribution in [0.5, 0.6) is 0 Å². The number of hydrogen-bond acceptors (Lipinski definition) is 2. The molecule has 1 N–H and O–H groups in total. The van der Waals surface area contributed by atoms with Crippen LogP contribution in [0.15, 0.2) is 16.7 Å². The van der Waals surface area contributed by atoms with Gasteiger partial charge in [0.05, 0.1) is 12.8 Å². The summed E-state index contributed by atoms with van der Waals surface area (Å²) in [5.41, 5.74) is 1.23. The minimum absolute atomic E-state index is 0.713. The second-order valence-electron chi connectivity index (χ2n) is 4.38. The second-order valence-corrected chi connectivity index (χ2v) is 4.38. The Morgan fingerprint density at radius 2 is 2.07 bits per heavy atom. The maximum Gasteiger partial charge on any atom is 0.120 e. The van der Waals surface area contributed by atoms with Crippen molar-refractivity contribution < 1.29 is 4.42 Å². The summed E-state index contributed by atoms with van der Waals surface area (Å²) < 4.78 is 5.34. The fourth-order valence-electron chi connectivity index (χ4n) is 1.23. The van der Waals surface area contributed by atoms with Crippen molar-refractivity contribution in [1.29, 1.82) is 0 Å². The summed E-state index contributed by atoms with van der Waals surface area (Å²) in [5, 5.41) is 3.42. The highest BCUT2D eigenvalue weighted by Crippen LogP contribution is 2.10. The standard InChI is InChI=1S/C12H21NO/c1-9(2)11(4)7-13-8-12-10(3)5-6-14-12/h5-6,9,11,13H,7-8H2,1-4H3. The zero-order chi connectivity index (χ0) is 10.6. The van der Waals surface area contributed by atoms with Gasteiger partial charge in [-0.3, -0.25) is 0 Å². The van der Waals surface area contributed by atoms with Gasteiger partial charge >= 0.3 is 0 Å². The van der Waals surface area contributed by atoms with Gasteiger partial charge in [-0.05, 0) is 36.9 Å². The fraction of sp³-hybridized carbons (Fsp3) is 0.667. The maximum absolute atomic E-state index is 5.34. The van der Waals surface area contributed by atoms with Crippen LogP contribution in [0.1, 0.15) is 32.1 Å². The van der Waals surface area contributed by atoms with Gasteiger partial charge in [0.15, 0.2) is 0 Å². The van der Waals surface area contributed by atoms with E-state index in [1.165, 1.54) is 5.56 Å². The van der Waals surface area contributed by atoms with Crippen LogP contribution in [0, 0.1) is 18.8 Å². The number of nitrogens with one attached hydrogen (secondary N) is 1. The topological polar surface area (TPSA) is 25.2 Å². The molecule has 2 heteroatoms. The van der Waals surface area contributed by atoms with E-state index < -0.39 is 0 Å². The molecule has 14 heavy (non-hydrogen) atoms. The molecule has 0 aliphatic heterocycles. The van der Waals surface area contributed by atoms with Crippen molar-refractivity contribution in [2.75, 3.05) is 6.54 Å². The largest absolute Gasteiger partial charge is 0.468 e. The van der Waals surface area contributed by atoms with Crippen LogP contribution in [0.4, 0.5) is 0 Å². The molecule has 0 saturated carbocycles. The first-order chi connectivity index (χ1) is 6.61. The predicted octanol–water partition coefficient (Wildman–Crippen LogP) is 2.97. The first kappa shape index (κ1) is 11.3. The summed E-state index contributed by atoms with van der Waals surface area (Å²) in [6.45, 7) is 10.8. The van der Waals surface area contributed by atoms with Crippen LogP contribution in [-0.2, 0) is 6.54 Å². The smallest absolute Gasteiger partial charge is 0.120 e. The van der Waals surface area contributed by atoms with Crippen molar-refractivity contribution in [2.24, 2.45) is 11.8 Å². The summed E-state index contributed by atoms with van der Waals surface area (Å²) in [6, 6.07) is 2.00. The monoisotopic (exact) mass is 195 g/mol. The Hall–Kier alpha value is -0.760. The van der Waals surface area contributed by atoms with Crippen LogP contribution in [0.3, 0.4) is 0 Å². The molecular formula is C12H21NO. The molecule has 0 aliphatic carbocycles. The number of hydrogen-bond donors (Lipinski definition) is 1. The molecule has 1 aromatic rings. The Morgan fingerprint density at radius 3 is 2.57 bits per heavy atom. The minimum Gasteiger partial charge on any atom is -0.468 e. The van der Waals surface area contributed by atoms with Crippen molar-refractivity contribution in [3.8, 4) is 0 Å². The van der Waals surface area contributed by atoms with Gasteiger partial charge in [0, 0.05) is 0 Å². The van der Waals surface area contributed by atoms with Gasteiger partial charge in [-0.1, -0.05) is 20.8 Å². The molecule has 1 aromatic heterocycles. The molecule has 0 spiro atoms. The Balaban J connectivity index is 2.25.